The maximum absolute atomic E-state index is 6.00. The second kappa shape index (κ2) is 8.96. The molecular weight excluding hydrogens is 286 g/mol. The van der Waals surface area contributed by atoms with E-state index >= 15 is 0 Å². The van der Waals surface area contributed by atoms with Gasteiger partial charge in [-0.1, -0.05) is 43.3 Å². The summed E-state index contributed by atoms with van der Waals surface area (Å²) in [4.78, 5) is 4.44. The van der Waals surface area contributed by atoms with Gasteiger partial charge in [-0.15, -0.1) is 0 Å². The molecule has 2 aromatic rings. The van der Waals surface area contributed by atoms with E-state index in [1.165, 1.54) is 5.56 Å². The Morgan fingerprint density at radius 3 is 2.61 bits per heavy atom. The average Bonchev–Trinajstić information content (AvgIpc) is 2.59. The number of aliphatic imine (C=N–C) groups is 1. The monoisotopic (exact) mass is 311 g/mol. The Bertz CT molecular complexity index is 653. The summed E-state index contributed by atoms with van der Waals surface area (Å²) in [6, 6.07) is 16.3. The van der Waals surface area contributed by atoms with Gasteiger partial charge < -0.3 is 15.8 Å². The molecule has 0 amide bonds. The molecule has 4 nitrogen and oxygen atoms in total. The molecule has 0 aliphatic heterocycles. The van der Waals surface area contributed by atoms with Gasteiger partial charge in [-0.3, -0.25) is 0 Å². The number of aryl methyl sites for hydroxylation is 1. The van der Waals surface area contributed by atoms with Gasteiger partial charge in [0.15, 0.2) is 5.96 Å². The van der Waals surface area contributed by atoms with Gasteiger partial charge in [0, 0.05) is 12.3 Å². The van der Waals surface area contributed by atoms with Crippen LogP contribution in [0.1, 0.15) is 30.5 Å². The zero-order chi connectivity index (χ0) is 16.5. The minimum absolute atomic E-state index is 0.421. The van der Waals surface area contributed by atoms with Crippen LogP contribution in [-0.4, -0.2) is 12.6 Å². The fourth-order valence-corrected chi connectivity index (χ4v) is 2.29. The molecule has 0 aliphatic carbocycles. The molecule has 0 unspecified atom stereocenters. The molecule has 0 aromatic heterocycles. The zero-order valence-electron chi connectivity index (χ0n) is 13.9. The number of nitrogens with zero attached hydrogens (tertiary/aromatic N) is 1. The number of hydrogen-bond acceptors (Lipinski definition) is 2. The number of hydrogen-bond donors (Lipinski definition) is 2. The number of nitrogens with two attached hydrogens (primary N) is 1. The number of rotatable bonds is 7. The number of anilines is 1. The number of ether oxygens (including phenoxy) is 1. The van der Waals surface area contributed by atoms with Crippen molar-refractivity contribution in [2.45, 2.75) is 33.4 Å². The van der Waals surface area contributed by atoms with Crippen molar-refractivity contribution >= 4 is 11.6 Å². The Morgan fingerprint density at radius 2 is 1.87 bits per heavy atom. The van der Waals surface area contributed by atoms with Gasteiger partial charge in [0.05, 0.1) is 13.2 Å². The summed E-state index contributed by atoms with van der Waals surface area (Å²) in [6.07, 6.45) is 0.997. The topological polar surface area (TPSA) is 59.6 Å². The van der Waals surface area contributed by atoms with Crippen LogP contribution in [0.4, 0.5) is 5.69 Å². The summed E-state index contributed by atoms with van der Waals surface area (Å²) in [5.41, 5.74) is 10.5. The first-order valence-corrected chi connectivity index (χ1v) is 8.03. The molecule has 3 N–H and O–H groups in total. The maximum atomic E-state index is 6.00. The van der Waals surface area contributed by atoms with E-state index in [0.29, 0.717) is 25.7 Å². The van der Waals surface area contributed by atoms with E-state index in [9.17, 15) is 0 Å². The lowest BCUT2D eigenvalue weighted by Crippen LogP contribution is -2.22. The minimum atomic E-state index is 0.421. The van der Waals surface area contributed by atoms with Crippen LogP contribution in [0.5, 0.6) is 0 Å². The highest BCUT2D eigenvalue weighted by Gasteiger charge is 2.02. The van der Waals surface area contributed by atoms with Crippen LogP contribution in [-0.2, 0) is 24.3 Å². The molecule has 0 radical (unpaired) electrons. The summed E-state index contributed by atoms with van der Waals surface area (Å²) < 4.78 is 5.49. The van der Waals surface area contributed by atoms with Crippen molar-refractivity contribution in [3.63, 3.8) is 0 Å². The van der Waals surface area contributed by atoms with Gasteiger partial charge in [-0.2, -0.15) is 0 Å². The summed E-state index contributed by atoms with van der Waals surface area (Å²) >= 11 is 0. The van der Waals surface area contributed by atoms with E-state index in [0.717, 1.165) is 23.2 Å². The average molecular weight is 311 g/mol. The smallest absolute Gasteiger partial charge is 0.193 e. The van der Waals surface area contributed by atoms with Crippen LogP contribution in [0.3, 0.4) is 0 Å². The summed E-state index contributed by atoms with van der Waals surface area (Å²) in [5, 5.41) is 3.15. The lowest BCUT2D eigenvalue weighted by Gasteiger charge is -2.09. The number of guanidine groups is 1. The van der Waals surface area contributed by atoms with Crippen molar-refractivity contribution < 1.29 is 4.74 Å². The van der Waals surface area contributed by atoms with Crippen LogP contribution < -0.4 is 11.1 Å². The second-order valence-corrected chi connectivity index (χ2v) is 5.29. The van der Waals surface area contributed by atoms with Crippen molar-refractivity contribution in [1.29, 1.82) is 0 Å². The fraction of sp³-hybridized carbons (Fsp3) is 0.316. The standard InChI is InChI=1S/C19H25N3O/c1-3-15-8-7-11-18(12-15)22-19(20)21-13-16-9-5-6-10-17(16)14-23-4-2/h5-12H,3-4,13-14H2,1-2H3,(H3,20,21,22). The van der Waals surface area contributed by atoms with Crippen LogP contribution in [0, 0.1) is 0 Å². The quantitative estimate of drug-likeness (QED) is 0.605. The van der Waals surface area contributed by atoms with Crippen molar-refractivity contribution in [1.82, 2.24) is 0 Å². The molecule has 122 valence electrons. The molecule has 2 rings (SSSR count). The molecule has 23 heavy (non-hydrogen) atoms. The molecule has 0 atom stereocenters. The molecule has 0 aliphatic rings. The highest BCUT2D eigenvalue weighted by molar-refractivity contribution is 5.92. The van der Waals surface area contributed by atoms with Gasteiger partial charge in [-0.25, -0.2) is 4.99 Å². The van der Waals surface area contributed by atoms with E-state index in [-0.39, 0.29) is 0 Å². The van der Waals surface area contributed by atoms with Crippen LogP contribution in [0.2, 0.25) is 0 Å². The normalized spacial score (nSPS) is 11.5. The Balaban J connectivity index is 2.01. The predicted octanol–water partition coefficient (Wildman–Crippen LogP) is 3.71. The molecule has 0 saturated heterocycles. The van der Waals surface area contributed by atoms with Crippen molar-refractivity contribution in [3.05, 3.63) is 65.2 Å². The van der Waals surface area contributed by atoms with E-state index in [4.69, 9.17) is 10.5 Å². The van der Waals surface area contributed by atoms with Crippen molar-refractivity contribution in [3.8, 4) is 0 Å². The first-order valence-electron chi connectivity index (χ1n) is 8.03. The van der Waals surface area contributed by atoms with E-state index < -0.39 is 0 Å². The Kier molecular flexibility index (Phi) is 6.63. The van der Waals surface area contributed by atoms with Gasteiger partial charge in [0.25, 0.3) is 0 Å². The maximum Gasteiger partial charge on any atom is 0.193 e. The van der Waals surface area contributed by atoms with Crippen LogP contribution in [0.25, 0.3) is 0 Å². The zero-order valence-corrected chi connectivity index (χ0v) is 13.9. The van der Waals surface area contributed by atoms with Gasteiger partial charge in [0.2, 0.25) is 0 Å². The Labute approximate surface area is 138 Å². The third-order valence-corrected chi connectivity index (χ3v) is 3.61. The first-order chi connectivity index (χ1) is 11.2. The van der Waals surface area contributed by atoms with Gasteiger partial charge >= 0.3 is 0 Å². The van der Waals surface area contributed by atoms with E-state index in [1.54, 1.807) is 0 Å². The van der Waals surface area contributed by atoms with Gasteiger partial charge in [-0.05, 0) is 42.2 Å². The fourth-order valence-electron chi connectivity index (χ4n) is 2.29. The molecule has 0 fully saturated rings. The molecule has 0 spiro atoms. The lowest BCUT2D eigenvalue weighted by atomic mass is 10.1. The second-order valence-electron chi connectivity index (χ2n) is 5.29. The third-order valence-electron chi connectivity index (χ3n) is 3.61. The number of benzene rings is 2. The van der Waals surface area contributed by atoms with Gasteiger partial charge in [0.1, 0.15) is 0 Å². The third kappa shape index (κ3) is 5.42. The first kappa shape index (κ1) is 17.0. The molecule has 0 saturated carbocycles. The Morgan fingerprint density at radius 1 is 1.09 bits per heavy atom. The molecule has 0 bridgehead atoms. The molecule has 4 heteroatoms. The largest absolute Gasteiger partial charge is 0.377 e. The van der Waals surface area contributed by atoms with E-state index in [2.05, 4.69) is 41.5 Å². The molecule has 2 aromatic carbocycles. The highest BCUT2D eigenvalue weighted by atomic mass is 16.5. The molecular formula is C19H25N3O. The minimum Gasteiger partial charge on any atom is -0.377 e. The van der Waals surface area contributed by atoms with Crippen LogP contribution >= 0.6 is 0 Å². The van der Waals surface area contributed by atoms with E-state index in [1.807, 2.05) is 31.2 Å². The molecule has 0 heterocycles. The van der Waals surface area contributed by atoms with Crippen molar-refractivity contribution in [2.75, 3.05) is 11.9 Å². The SMILES string of the molecule is CCOCc1ccccc1CN=C(N)Nc1cccc(CC)c1. The Hall–Kier alpha value is -2.33. The predicted molar refractivity (Wildman–Crippen MR) is 96.5 cm³/mol. The number of nitrogens with one attached hydrogen (secondary N) is 1. The summed E-state index contributed by atoms with van der Waals surface area (Å²) in [7, 11) is 0. The lowest BCUT2D eigenvalue weighted by molar-refractivity contribution is 0.133. The van der Waals surface area contributed by atoms with Crippen molar-refractivity contribution in [2.24, 2.45) is 10.7 Å². The summed E-state index contributed by atoms with van der Waals surface area (Å²) in [5.74, 6) is 0.421. The summed E-state index contributed by atoms with van der Waals surface area (Å²) in [6.45, 7) is 5.97. The highest BCUT2D eigenvalue weighted by Crippen LogP contribution is 2.13. The van der Waals surface area contributed by atoms with Crippen LogP contribution in [0.15, 0.2) is 53.5 Å².